The average molecular weight is 250 g/mol. The Morgan fingerprint density at radius 1 is 1.28 bits per heavy atom. The molecule has 1 fully saturated rings. The fourth-order valence-electron chi connectivity index (χ4n) is 2.14. The van der Waals surface area contributed by atoms with Crippen molar-refractivity contribution in [3.63, 3.8) is 0 Å². The van der Waals surface area contributed by atoms with Gasteiger partial charge in [-0.25, -0.2) is 4.79 Å². The van der Waals surface area contributed by atoms with Crippen molar-refractivity contribution in [2.45, 2.75) is 25.9 Å². The highest BCUT2D eigenvalue weighted by atomic mass is 16.5. The van der Waals surface area contributed by atoms with Gasteiger partial charge in [-0.2, -0.15) is 0 Å². The molecule has 2 rings (SSSR count). The van der Waals surface area contributed by atoms with Crippen LogP contribution in [0.3, 0.4) is 0 Å². The van der Waals surface area contributed by atoms with E-state index in [0.717, 1.165) is 24.5 Å². The predicted octanol–water partition coefficient (Wildman–Crippen LogP) is 2.66. The molecule has 1 aliphatic rings. The fourth-order valence-corrected chi connectivity index (χ4v) is 2.14. The summed E-state index contributed by atoms with van der Waals surface area (Å²) in [7, 11) is 2.87. The van der Waals surface area contributed by atoms with Crippen molar-refractivity contribution >= 4 is 5.97 Å². The topological polar surface area (TPSA) is 44.8 Å². The Labute approximate surface area is 107 Å². The Balaban J connectivity index is 2.11. The number of hydrogen-bond acceptors (Lipinski definition) is 4. The van der Waals surface area contributed by atoms with Crippen LogP contribution in [0.4, 0.5) is 0 Å². The molecule has 1 saturated carbocycles. The number of ether oxygens (including phenoxy) is 3. The summed E-state index contributed by atoms with van der Waals surface area (Å²) in [5, 5.41) is 0. The summed E-state index contributed by atoms with van der Waals surface area (Å²) in [6.07, 6.45) is 2.45. The minimum atomic E-state index is -0.407. The van der Waals surface area contributed by atoms with E-state index in [9.17, 15) is 4.79 Å². The Kier molecular flexibility index (Phi) is 3.75. The number of esters is 1. The quantitative estimate of drug-likeness (QED) is 0.771. The minimum absolute atomic E-state index is 0.286. The summed E-state index contributed by atoms with van der Waals surface area (Å²) >= 11 is 0. The van der Waals surface area contributed by atoms with Gasteiger partial charge in [0.1, 0.15) is 17.1 Å². The van der Waals surface area contributed by atoms with E-state index in [4.69, 9.17) is 9.47 Å². The van der Waals surface area contributed by atoms with Gasteiger partial charge in [-0.1, -0.05) is 6.92 Å². The van der Waals surface area contributed by atoms with Crippen molar-refractivity contribution in [2.24, 2.45) is 5.92 Å². The molecule has 4 nitrogen and oxygen atoms in total. The number of carbonyl (C=O) groups excluding carboxylic acids is 1. The van der Waals surface area contributed by atoms with E-state index < -0.39 is 5.97 Å². The van der Waals surface area contributed by atoms with Crippen molar-refractivity contribution in [2.75, 3.05) is 14.2 Å². The highest BCUT2D eigenvalue weighted by Crippen LogP contribution is 2.32. The van der Waals surface area contributed by atoms with Crippen molar-refractivity contribution < 1.29 is 19.0 Å². The molecule has 0 saturated heterocycles. The van der Waals surface area contributed by atoms with Crippen molar-refractivity contribution in [3.05, 3.63) is 23.8 Å². The summed E-state index contributed by atoms with van der Waals surface area (Å²) < 4.78 is 15.7. The van der Waals surface area contributed by atoms with Gasteiger partial charge in [0.2, 0.25) is 0 Å². The fraction of sp³-hybridized carbons (Fsp3) is 0.500. The third-order valence-electron chi connectivity index (χ3n) is 3.21. The summed E-state index contributed by atoms with van der Waals surface area (Å²) in [5.74, 6) is 1.55. The van der Waals surface area contributed by atoms with Gasteiger partial charge in [-0.15, -0.1) is 0 Å². The van der Waals surface area contributed by atoms with Crippen LogP contribution >= 0.6 is 0 Å². The van der Waals surface area contributed by atoms with E-state index in [1.54, 1.807) is 18.2 Å². The monoisotopic (exact) mass is 250 g/mol. The lowest BCUT2D eigenvalue weighted by molar-refractivity contribution is 0.0596. The molecule has 0 bridgehead atoms. The molecule has 0 aliphatic heterocycles. The first-order valence-corrected chi connectivity index (χ1v) is 6.07. The van der Waals surface area contributed by atoms with Gasteiger partial charge in [-0.3, -0.25) is 0 Å². The Bertz CT molecular complexity index is 435. The molecule has 0 heterocycles. The van der Waals surface area contributed by atoms with Crippen molar-refractivity contribution in [1.29, 1.82) is 0 Å². The van der Waals surface area contributed by atoms with Crippen LogP contribution in [0.25, 0.3) is 0 Å². The van der Waals surface area contributed by atoms with Crippen LogP contribution in [0.2, 0.25) is 0 Å². The normalized spacial score (nSPS) is 21.9. The number of benzene rings is 1. The Hall–Kier alpha value is -1.71. The third-order valence-corrected chi connectivity index (χ3v) is 3.21. The van der Waals surface area contributed by atoms with Crippen LogP contribution in [0.15, 0.2) is 18.2 Å². The summed E-state index contributed by atoms with van der Waals surface area (Å²) in [4.78, 5) is 11.5. The molecular weight excluding hydrogens is 232 g/mol. The van der Waals surface area contributed by atoms with Crippen LogP contribution in [-0.2, 0) is 4.74 Å². The Morgan fingerprint density at radius 3 is 2.56 bits per heavy atom. The van der Waals surface area contributed by atoms with E-state index in [1.165, 1.54) is 14.2 Å². The van der Waals surface area contributed by atoms with Gasteiger partial charge in [-0.05, 0) is 30.9 Å². The van der Waals surface area contributed by atoms with E-state index in [2.05, 4.69) is 11.7 Å². The van der Waals surface area contributed by atoms with Crippen molar-refractivity contribution in [3.8, 4) is 11.5 Å². The molecule has 0 unspecified atom stereocenters. The predicted molar refractivity (Wildman–Crippen MR) is 67.1 cm³/mol. The SMILES string of the molecule is COC(=O)c1ccc(OC2CC(C)C2)cc1OC. The first-order chi connectivity index (χ1) is 8.63. The summed E-state index contributed by atoms with van der Waals surface area (Å²) in [6.45, 7) is 2.21. The molecule has 4 heteroatoms. The van der Waals surface area contributed by atoms with E-state index in [-0.39, 0.29) is 6.10 Å². The van der Waals surface area contributed by atoms with E-state index >= 15 is 0 Å². The molecule has 98 valence electrons. The molecule has 0 N–H and O–H groups in total. The largest absolute Gasteiger partial charge is 0.496 e. The van der Waals surface area contributed by atoms with Crippen molar-refractivity contribution in [1.82, 2.24) is 0 Å². The van der Waals surface area contributed by atoms with Crippen LogP contribution in [0.1, 0.15) is 30.1 Å². The van der Waals surface area contributed by atoms with Crippen LogP contribution < -0.4 is 9.47 Å². The maximum absolute atomic E-state index is 11.5. The zero-order valence-corrected chi connectivity index (χ0v) is 10.9. The maximum Gasteiger partial charge on any atom is 0.341 e. The molecule has 1 aromatic rings. The Morgan fingerprint density at radius 2 is 2.00 bits per heavy atom. The second kappa shape index (κ2) is 5.29. The van der Waals surface area contributed by atoms with Gasteiger partial charge in [0.05, 0.1) is 20.3 Å². The third kappa shape index (κ3) is 2.58. The number of hydrogen-bond donors (Lipinski definition) is 0. The molecule has 0 aromatic heterocycles. The molecule has 0 atom stereocenters. The molecule has 0 spiro atoms. The maximum atomic E-state index is 11.5. The van der Waals surface area contributed by atoms with E-state index in [1.807, 2.05) is 0 Å². The standard InChI is InChI=1S/C14H18O4/c1-9-6-11(7-9)18-10-4-5-12(14(15)17-3)13(8-10)16-2/h4-5,8-9,11H,6-7H2,1-3H3. The highest BCUT2D eigenvalue weighted by molar-refractivity contribution is 5.92. The van der Waals surface area contributed by atoms with Gasteiger partial charge in [0.25, 0.3) is 0 Å². The molecule has 0 radical (unpaired) electrons. The lowest BCUT2D eigenvalue weighted by atomic mass is 9.84. The smallest absolute Gasteiger partial charge is 0.341 e. The molecule has 1 aliphatic carbocycles. The second-order valence-corrected chi connectivity index (χ2v) is 4.67. The minimum Gasteiger partial charge on any atom is -0.496 e. The lowest BCUT2D eigenvalue weighted by Gasteiger charge is -2.32. The number of rotatable bonds is 4. The molecular formula is C14H18O4. The zero-order chi connectivity index (χ0) is 13.1. The average Bonchev–Trinajstić information content (AvgIpc) is 2.36. The summed E-state index contributed by atoms with van der Waals surface area (Å²) in [6, 6.07) is 5.18. The van der Waals surface area contributed by atoms with Gasteiger partial charge in [0, 0.05) is 6.07 Å². The molecule has 0 amide bonds. The van der Waals surface area contributed by atoms with E-state index in [0.29, 0.717) is 11.3 Å². The van der Waals surface area contributed by atoms with Gasteiger partial charge in [0.15, 0.2) is 0 Å². The first-order valence-electron chi connectivity index (χ1n) is 6.07. The van der Waals surface area contributed by atoms with Gasteiger partial charge >= 0.3 is 5.97 Å². The highest BCUT2D eigenvalue weighted by Gasteiger charge is 2.27. The molecule has 1 aromatic carbocycles. The van der Waals surface area contributed by atoms with Crippen LogP contribution in [-0.4, -0.2) is 26.3 Å². The number of carbonyl (C=O) groups is 1. The molecule has 18 heavy (non-hydrogen) atoms. The zero-order valence-electron chi connectivity index (χ0n) is 10.9. The van der Waals surface area contributed by atoms with Gasteiger partial charge < -0.3 is 14.2 Å². The lowest BCUT2D eigenvalue weighted by Crippen LogP contribution is -2.31. The van der Waals surface area contributed by atoms with Crippen LogP contribution in [0, 0.1) is 5.92 Å². The first kappa shape index (κ1) is 12.7. The number of methoxy groups -OCH3 is 2. The van der Waals surface area contributed by atoms with Crippen LogP contribution in [0.5, 0.6) is 11.5 Å². The summed E-state index contributed by atoms with van der Waals surface area (Å²) in [5.41, 5.74) is 0.411. The second-order valence-electron chi connectivity index (χ2n) is 4.67.